The SMILES string of the molecule is C[C@H]1C[C@@]2(C[C@@H](c3cn(C)nn3)N1)OCC(=O)c1cc(C(F)(F)F)sc12. The molecule has 1 fully saturated rings. The molecule has 6 nitrogen and oxygen atoms in total. The van der Waals surface area contributed by atoms with E-state index >= 15 is 0 Å². The Balaban J connectivity index is 1.77. The lowest BCUT2D eigenvalue weighted by Gasteiger charge is -2.45. The first-order valence-electron chi connectivity index (χ1n) is 8.19. The van der Waals surface area contributed by atoms with Crippen LogP contribution < -0.4 is 5.32 Å². The first-order chi connectivity index (χ1) is 12.2. The number of carbonyl (C=O) groups is 1. The van der Waals surface area contributed by atoms with Crippen molar-refractivity contribution in [2.45, 2.75) is 43.6 Å². The second-order valence-corrected chi connectivity index (χ2v) is 7.96. The zero-order valence-electron chi connectivity index (χ0n) is 14.1. The van der Waals surface area contributed by atoms with Crippen LogP contribution in [0.3, 0.4) is 0 Å². The summed E-state index contributed by atoms with van der Waals surface area (Å²) in [4.78, 5) is 11.8. The Labute approximate surface area is 151 Å². The van der Waals surface area contributed by atoms with Gasteiger partial charge >= 0.3 is 6.18 Å². The number of rotatable bonds is 1. The number of alkyl halides is 3. The molecule has 2 aromatic rings. The van der Waals surface area contributed by atoms with Crippen LogP contribution in [0.4, 0.5) is 13.2 Å². The van der Waals surface area contributed by atoms with E-state index < -0.39 is 22.4 Å². The minimum absolute atomic E-state index is 0.0201. The largest absolute Gasteiger partial charge is 0.425 e. The summed E-state index contributed by atoms with van der Waals surface area (Å²) in [5.74, 6) is -0.403. The molecule has 140 valence electrons. The highest BCUT2D eigenvalue weighted by atomic mass is 32.1. The van der Waals surface area contributed by atoms with Crippen molar-refractivity contribution in [2.24, 2.45) is 7.05 Å². The van der Waals surface area contributed by atoms with Gasteiger partial charge < -0.3 is 10.1 Å². The second kappa shape index (κ2) is 5.86. The summed E-state index contributed by atoms with van der Waals surface area (Å²) in [6.07, 6.45) is -1.82. The number of thiophene rings is 1. The van der Waals surface area contributed by atoms with Crippen molar-refractivity contribution in [3.63, 3.8) is 0 Å². The van der Waals surface area contributed by atoms with E-state index in [1.807, 2.05) is 6.92 Å². The Hall–Kier alpha value is -1.78. The number of ketones is 1. The van der Waals surface area contributed by atoms with Gasteiger partial charge in [-0.2, -0.15) is 13.2 Å². The number of carbonyl (C=O) groups excluding carboxylic acids is 1. The standard InChI is InChI=1S/C16H17F3N4O2S/c1-8-4-15(5-10(20-8)11-6-23(2)22-21-11)14-9(12(24)7-25-15)3-13(26-14)16(17,18)19/h3,6,8,10,20H,4-5,7H2,1-2H3/t8-,10-,15-/m0/s1. The molecule has 4 rings (SSSR count). The molecule has 10 heteroatoms. The summed E-state index contributed by atoms with van der Waals surface area (Å²) in [5.41, 5.74) is -0.0850. The number of aryl methyl sites for hydroxylation is 1. The average Bonchev–Trinajstić information content (AvgIpc) is 3.18. The Bertz CT molecular complexity index is 862. The molecule has 0 radical (unpaired) electrons. The maximum Gasteiger partial charge on any atom is 0.425 e. The lowest BCUT2D eigenvalue weighted by Crippen LogP contribution is -2.50. The third kappa shape index (κ3) is 2.85. The summed E-state index contributed by atoms with van der Waals surface area (Å²) in [6.45, 7) is 1.74. The third-order valence-electron chi connectivity index (χ3n) is 4.84. The molecule has 2 aromatic heterocycles. The summed E-state index contributed by atoms with van der Waals surface area (Å²) >= 11 is 0.616. The van der Waals surface area contributed by atoms with Crippen LogP contribution in [0.15, 0.2) is 12.3 Å². The van der Waals surface area contributed by atoms with E-state index in [9.17, 15) is 18.0 Å². The maximum absolute atomic E-state index is 13.2. The van der Waals surface area contributed by atoms with Gasteiger partial charge in [-0.3, -0.25) is 9.48 Å². The number of nitrogens with zero attached hydrogens (tertiary/aromatic N) is 3. The van der Waals surface area contributed by atoms with E-state index in [0.717, 1.165) is 6.07 Å². The van der Waals surface area contributed by atoms with Crippen LogP contribution in [0.5, 0.6) is 0 Å². The van der Waals surface area contributed by atoms with Gasteiger partial charge in [0.15, 0.2) is 5.78 Å². The molecule has 2 aliphatic heterocycles. The minimum Gasteiger partial charge on any atom is -0.361 e. The normalized spacial score (nSPS) is 29.2. The molecule has 0 aliphatic carbocycles. The molecular weight excluding hydrogens is 369 g/mol. The fraction of sp³-hybridized carbons (Fsp3) is 0.562. The molecule has 0 unspecified atom stereocenters. The number of hydrogen-bond acceptors (Lipinski definition) is 6. The maximum atomic E-state index is 13.2. The first-order valence-corrected chi connectivity index (χ1v) is 9.00. The van der Waals surface area contributed by atoms with Crippen molar-refractivity contribution in [1.82, 2.24) is 20.3 Å². The van der Waals surface area contributed by atoms with Crippen molar-refractivity contribution < 1.29 is 22.7 Å². The van der Waals surface area contributed by atoms with E-state index in [1.54, 1.807) is 17.9 Å². The number of Topliss-reactive ketones (excluding diaryl/α,β-unsaturated/α-hetero) is 1. The van der Waals surface area contributed by atoms with Gasteiger partial charge in [0.25, 0.3) is 0 Å². The molecule has 1 saturated heterocycles. The Morgan fingerprint density at radius 1 is 1.42 bits per heavy atom. The molecule has 0 aromatic carbocycles. The van der Waals surface area contributed by atoms with Crippen LogP contribution in [0.2, 0.25) is 0 Å². The van der Waals surface area contributed by atoms with E-state index in [4.69, 9.17) is 4.74 Å². The van der Waals surface area contributed by atoms with Crippen LogP contribution in [0.25, 0.3) is 0 Å². The van der Waals surface area contributed by atoms with Gasteiger partial charge in [-0.25, -0.2) is 0 Å². The minimum atomic E-state index is -4.48. The third-order valence-corrected chi connectivity index (χ3v) is 6.20. The molecular formula is C16H17F3N4O2S. The predicted molar refractivity (Wildman–Crippen MR) is 86.9 cm³/mol. The summed E-state index contributed by atoms with van der Waals surface area (Å²) in [5, 5.41) is 11.4. The van der Waals surface area contributed by atoms with Crippen molar-refractivity contribution in [1.29, 1.82) is 0 Å². The monoisotopic (exact) mass is 386 g/mol. The average molecular weight is 386 g/mol. The van der Waals surface area contributed by atoms with Gasteiger partial charge in [-0.15, -0.1) is 16.4 Å². The van der Waals surface area contributed by atoms with Crippen molar-refractivity contribution in [2.75, 3.05) is 6.61 Å². The highest BCUT2D eigenvalue weighted by Crippen LogP contribution is 2.51. The van der Waals surface area contributed by atoms with Crippen LogP contribution in [0.1, 0.15) is 51.6 Å². The van der Waals surface area contributed by atoms with Crippen molar-refractivity contribution in [3.05, 3.63) is 33.3 Å². The Kier molecular flexibility index (Phi) is 3.97. The number of hydrogen-bond donors (Lipinski definition) is 1. The van der Waals surface area contributed by atoms with Crippen molar-refractivity contribution >= 4 is 17.1 Å². The smallest absolute Gasteiger partial charge is 0.361 e. The number of piperidine rings is 1. The van der Waals surface area contributed by atoms with E-state index in [1.165, 1.54) is 0 Å². The zero-order chi connectivity index (χ0) is 18.7. The zero-order valence-corrected chi connectivity index (χ0v) is 14.9. The highest BCUT2D eigenvalue weighted by Gasteiger charge is 2.50. The summed E-state index contributed by atoms with van der Waals surface area (Å²) in [7, 11) is 1.75. The molecule has 3 atom stereocenters. The molecule has 2 aliphatic rings. The predicted octanol–water partition coefficient (Wildman–Crippen LogP) is 2.82. The van der Waals surface area contributed by atoms with E-state index in [0.29, 0.717) is 34.7 Å². The number of ether oxygens (including phenoxy) is 1. The number of fused-ring (bicyclic) bond motifs is 2. The second-order valence-electron chi connectivity index (χ2n) is 6.90. The molecule has 1 N–H and O–H groups in total. The first kappa shape index (κ1) is 17.6. The van der Waals surface area contributed by atoms with E-state index in [2.05, 4.69) is 15.6 Å². The molecule has 26 heavy (non-hydrogen) atoms. The lowest BCUT2D eigenvalue weighted by atomic mass is 9.79. The van der Waals surface area contributed by atoms with Gasteiger partial charge in [-0.05, 0) is 19.4 Å². The van der Waals surface area contributed by atoms with Crippen LogP contribution in [-0.4, -0.2) is 33.4 Å². The van der Waals surface area contributed by atoms with Crippen LogP contribution in [-0.2, 0) is 23.6 Å². The van der Waals surface area contributed by atoms with E-state index in [-0.39, 0.29) is 24.3 Å². The molecule has 0 amide bonds. The topological polar surface area (TPSA) is 69.0 Å². The number of halogens is 3. The quantitative estimate of drug-likeness (QED) is 0.816. The number of aromatic nitrogens is 3. The van der Waals surface area contributed by atoms with Crippen LogP contribution >= 0.6 is 11.3 Å². The summed E-state index contributed by atoms with van der Waals surface area (Å²) in [6, 6.07) is 0.731. The van der Waals surface area contributed by atoms with Gasteiger partial charge in [0, 0.05) is 36.1 Å². The van der Waals surface area contributed by atoms with Gasteiger partial charge in [0.1, 0.15) is 17.1 Å². The van der Waals surface area contributed by atoms with Gasteiger partial charge in [-0.1, -0.05) is 5.21 Å². The molecule has 0 bridgehead atoms. The fourth-order valence-electron chi connectivity index (χ4n) is 3.81. The lowest BCUT2D eigenvalue weighted by molar-refractivity contribution is -0.134. The fourth-order valence-corrected chi connectivity index (χ4v) is 5.02. The molecule has 1 spiro atoms. The molecule has 4 heterocycles. The number of nitrogens with one attached hydrogen (secondary N) is 1. The molecule has 0 saturated carbocycles. The highest BCUT2D eigenvalue weighted by molar-refractivity contribution is 7.12. The Morgan fingerprint density at radius 3 is 2.85 bits per heavy atom. The van der Waals surface area contributed by atoms with Gasteiger partial charge in [0.2, 0.25) is 0 Å². The van der Waals surface area contributed by atoms with Crippen molar-refractivity contribution in [3.8, 4) is 0 Å². The Morgan fingerprint density at radius 2 is 2.19 bits per heavy atom. The van der Waals surface area contributed by atoms with Gasteiger partial charge in [0.05, 0.1) is 11.7 Å². The van der Waals surface area contributed by atoms with Crippen LogP contribution in [0, 0.1) is 0 Å². The summed E-state index contributed by atoms with van der Waals surface area (Å²) < 4.78 is 47.1.